The van der Waals surface area contributed by atoms with Gasteiger partial charge in [-0.3, -0.25) is 4.79 Å². The van der Waals surface area contributed by atoms with Crippen LogP contribution < -0.4 is 15.4 Å². The molecule has 0 saturated heterocycles. The summed E-state index contributed by atoms with van der Waals surface area (Å²) in [6.07, 6.45) is 1.87. The molecule has 7 heteroatoms. The predicted molar refractivity (Wildman–Crippen MR) is 142 cm³/mol. The highest BCUT2D eigenvalue weighted by molar-refractivity contribution is 5.88. The number of benzene rings is 3. The van der Waals surface area contributed by atoms with E-state index < -0.39 is 0 Å². The summed E-state index contributed by atoms with van der Waals surface area (Å²) in [6, 6.07) is 24.7. The number of aromatic nitrogens is 2. The maximum absolute atomic E-state index is 10.6. The molecule has 0 aliphatic carbocycles. The molecule has 0 spiro atoms. The van der Waals surface area contributed by atoms with E-state index in [0.717, 1.165) is 60.6 Å². The number of carbonyl (C=O) groups is 1. The quantitative estimate of drug-likeness (QED) is 0.249. The van der Waals surface area contributed by atoms with Crippen LogP contribution in [0.2, 0.25) is 0 Å². The molecule has 0 saturated carbocycles. The minimum atomic E-state index is 0.614. The zero-order valence-electron chi connectivity index (χ0n) is 20.6. The summed E-state index contributed by atoms with van der Waals surface area (Å²) in [6.45, 7) is 2.65. The van der Waals surface area contributed by atoms with E-state index in [1.165, 1.54) is 0 Å². The highest BCUT2D eigenvalue weighted by Gasteiger charge is 2.07. The van der Waals surface area contributed by atoms with Gasteiger partial charge in [-0.1, -0.05) is 42.5 Å². The van der Waals surface area contributed by atoms with Gasteiger partial charge in [-0.05, 0) is 70.5 Å². The number of hydrogen-bond acceptors (Lipinski definition) is 7. The van der Waals surface area contributed by atoms with Gasteiger partial charge < -0.3 is 20.3 Å². The molecule has 0 amide bonds. The van der Waals surface area contributed by atoms with Crippen molar-refractivity contribution in [2.75, 3.05) is 39.5 Å². The van der Waals surface area contributed by atoms with Crippen molar-refractivity contribution in [3.63, 3.8) is 0 Å². The Bertz CT molecular complexity index is 1200. The monoisotopic (exact) mass is 471 g/mol. The number of ether oxygens (including phenoxy) is 1. The van der Waals surface area contributed by atoms with Crippen molar-refractivity contribution < 1.29 is 9.53 Å². The van der Waals surface area contributed by atoms with Gasteiger partial charge in [-0.2, -0.15) is 0 Å². The van der Waals surface area contributed by atoms with Crippen LogP contribution in [-0.2, 0) is 6.54 Å². The maximum atomic E-state index is 10.6. The lowest BCUT2D eigenvalue weighted by Crippen LogP contribution is -2.16. The number of nitrogens with zero attached hydrogens (tertiary/aromatic N) is 3. The first kappa shape index (κ1) is 25.8. The van der Waals surface area contributed by atoms with Gasteiger partial charge in [-0.25, -0.2) is 9.97 Å². The van der Waals surface area contributed by atoms with Crippen molar-refractivity contribution in [1.82, 2.24) is 20.2 Å². The minimum absolute atomic E-state index is 0.614. The standard InChI is InChI=1S/C15H23N5.C13H10O2/c1-16-9-6-10-17-15-12-7-4-5-8-13(12)18-14(19-15)11-20(2)3;14-10-11-5-4-8-13(9-11)15-12-6-2-1-3-7-12/h4-5,7-8,16H,6,9-11H2,1-3H3,(H,17,18,19);1-10H. The molecule has 1 heterocycles. The molecular formula is C28H33N5O2. The first-order valence-electron chi connectivity index (χ1n) is 11.7. The molecule has 3 aromatic carbocycles. The summed E-state index contributed by atoms with van der Waals surface area (Å²) in [7, 11) is 6.02. The Balaban J connectivity index is 0.000000203. The molecule has 182 valence electrons. The fourth-order valence-corrected chi connectivity index (χ4v) is 3.36. The number of rotatable bonds is 10. The lowest BCUT2D eigenvalue weighted by Gasteiger charge is -2.13. The second-order valence-corrected chi connectivity index (χ2v) is 8.23. The zero-order valence-corrected chi connectivity index (χ0v) is 20.6. The summed E-state index contributed by atoms with van der Waals surface area (Å²) in [4.78, 5) is 21.9. The van der Waals surface area contributed by atoms with Crippen LogP contribution in [0.1, 0.15) is 22.6 Å². The molecule has 0 radical (unpaired) electrons. The molecule has 2 N–H and O–H groups in total. The minimum Gasteiger partial charge on any atom is -0.457 e. The van der Waals surface area contributed by atoms with E-state index in [-0.39, 0.29) is 0 Å². The maximum Gasteiger partial charge on any atom is 0.150 e. The Morgan fingerprint density at radius 2 is 1.63 bits per heavy atom. The number of anilines is 1. The molecule has 0 bridgehead atoms. The molecule has 4 aromatic rings. The largest absolute Gasteiger partial charge is 0.457 e. The Morgan fingerprint density at radius 3 is 2.37 bits per heavy atom. The molecule has 0 unspecified atom stereocenters. The van der Waals surface area contributed by atoms with Crippen molar-refractivity contribution in [1.29, 1.82) is 0 Å². The van der Waals surface area contributed by atoms with Gasteiger partial charge >= 0.3 is 0 Å². The van der Waals surface area contributed by atoms with Gasteiger partial charge in [0.15, 0.2) is 0 Å². The summed E-state index contributed by atoms with van der Waals surface area (Å²) in [5.41, 5.74) is 1.61. The predicted octanol–water partition coefficient (Wildman–Crippen LogP) is 5.00. The van der Waals surface area contributed by atoms with Gasteiger partial charge in [0.05, 0.1) is 12.1 Å². The fourth-order valence-electron chi connectivity index (χ4n) is 3.36. The molecule has 4 rings (SSSR count). The fraction of sp³-hybridized carbons (Fsp3) is 0.250. The topological polar surface area (TPSA) is 79.4 Å². The number of hydrogen-bond donors (Lipinski definition) is 2. The molecule has 0 aliphatic heterocycles. The average molecular weight is 472 g/mol. The van der Waals surface area contributed by atoms with Crippen molar-refractivity contribution in [3.8, 4) is 11.5 Å². The number of aldehydes is 1. The molecule has 0 atom stereocenters. The average Bonchev–Trinajstić information content (AvgIpc) is 2.87. The molecular weight excluding hydrogens is 438 g/mol. The molecule has 0 fully saturated rings. The van der Waals surface area contributed by atoms with Gasteiger partial charge in [-0.15, -0.1) is 0 Å². The highest BCUT2D eigenvalue weighted by Crippen LogP contribution is 2.21. The highest BCUT2D eigenvalue weighted by atomic mass is 16.5. The van der Waals surface area contributed by atoms with E-state index in [1.54, 1.807) is 18.2 Å². The first-order valence-corrected chi connectivity index (χ1v) is 11.7. The van der Waals surface area contributed by atoms with Crippen LogP contribution in [0.25, 0.3) is 10.9 Å². The van der Waals surface area contributed by atoms with Crippen LogP contribution in [0.15, 0.2) is 78.9 Å². The third kappa shape index (κ3) is 8.48. The lowest BCUT2D eigenvalue weighted by molar-refractivity contribution is 0.112. The summed E-state index contributed by atoms with van der Waals surface area (Å²) >= 11 is 0. The summed E-state index contributed by atoms with van der Waals surface area (Å²) in [5.74, 6) is 3.22. The van der Waals surface area contributed by atoms with E-state index in [1.807, 2.05) is 75.7 Å². The number of para-hydroxylation sites is 2. The molecule has 1 aromatic heterocycles. The second-order valence-electron chi connectivity index (χ2n) is 8.23. The Labute approximate surface area is 207 Å². The van der Waals surface area contributed by atoms with Crippen LogP contribution >= 0.6 is 0 Å². The SMILES string of the molecule is CNCCCNc1nc(CN(C)C)nc2ccccc12.O=Cc1cccc(Oc2ccccc2)c1. The van der Waals surface area contributed by atoms with Gasteiger partial charge in [0.2, 0.25) is 0 Å². The van der Waals surface area contributed by atoms with Crippen molar-refractivity contribution >= 4 is 23.0 Å². The lowest BCUT2D eigenvalue weighted by atomic mass is 10.2. The van der Waals surface area contributed by atoms with Crippen LogP contribution in [0.4, 0.5) is 5.82 Å². The normalized spacial score (nSPS) is 10.5. The third-order valence-electron chi connectivity index (χ3n) is 4.98. The van der Waals surface area contributed by atoms with Crippen molar-refractivity contribution in [3.05, 3.63) is 90.3 Å². The van der Waals surface area contributed by atoms with E-state index in [2.05, 4.69) is 31.6 Å². The third-order valence-corrected chi connectivity index (χ3v) is 4.98. The summed E-state index contributed by atoms with van der Waals surface area (Å²) in [5, 5.41) is 7.66. The molecule has 7 nitrogen and oxygen atoms in total. The Morgan fingerprint density at radius 1 is 0.886 bits per heavy atom. The van der Waals surface area contributed by atoms with Crippen molar-refractivity contribution in [2.24, 2.45) is 0 Å². The van der Waals surface area contributed by atoms with Gasteiger partial charge in [0, 0.05) is 17.5 Å². The second kappa shape index (κ2) is 13.8. The van der Waals surface area contributed by atoms with Gasteiger partial charge in [0.1, 0.15) is 29.4 Å². The smallest absolute Gasteiger partial charge is 0.150 e. The van der Waals surface area contributed by atoms with E-state index in [4.69, 9.17) is 4.74 Å². The van der Waals surface area contributed by atoms with Crippen LogP contribution in [0.5, 0.6) is 11.5 Å². The van der Waals surface area contributed by atoms with Crippen molar-refractivity contribution in [2.45, 2.75) is 13.0 Å². The van der Waals surface area contributed by atoms with Gasteiger partial charge in [0.25, 0.3) is 0 Å². The van der Waals surface area contributed by atoms with Crippen LogP contribution in [0.3, 0.4) is 0 Å². The van der Waals surface area contributed by atoms with E-state index in [9.17, 15) is 4.79 Å². The first-order chi connectivity index (χ1) is 17.1. The van der Waals surface area contributed by atoms with Crippen LogP contribution in [-0.4, -0.2) is 55.4 Å². The molecule has 0 aliphatic rings. The summed E-state index contributed by atoms with van der Waals surface area (Å²) < 4.78 is 5.56. The molecule has 35 heavy (non-hydrogen) atoms. The zero-order chi connectivity index (χ0) is 24.9. The number of nitrogens with one attached hydrogen (secondary N) is 2. The van der Waals surface area contributed by atoms with Crippen LogP contribution in [0, 0.1) is 0 Å². The van der Waals surface area contributed by atoms with E-state index >= 15 is 0 Å². The Kier molecular flexibility index (Phi) is 10.2. The number of fused-ring (bicyclic) bond motifs is 1. The number of carbonyl (C=O) groups excluding carboxylic acids is 1. The van der Waals surface area contributed by atoms with E-state index in [0.29, 0.717) is 11.3 Å². The Hall–Kier alpha value is -3.81.